The van der Waals surface area contributed by atoms with Crippen molar-refractivity contribution >= 4 is 28.3 Å². The van der Waals surface area contributed by atoms with Crippen LogP contribution in [-0.4, -0.2) is 33.9 Å². The zero-order valence-corrected chi connectivity index (χ0v) is 14.8. The average molecular weight is 355 g/mol. The molecule has 0 aliphatic carbocycles. The zero-order chi connectivity index (χ0) is 18.3. The summed E-state index contributed by atoms with van der Waals surface area (Å²) in [6, 6.07) is 3.68. The van der Waals surface area contributed by atoms with Crippen molar-refractivity contribution < 1.29 is 9.21 Å². The number of nitrogens with one attached hydrogen (secondary N) is 3. The van der Waals surface area contributed by atoms with Gasteiger partial charge in [0.2, 0.25) is 5.76 Å². The minimum atomic E-state index is -0.340. The molecule has 1 fully saturated rings. The van der Waals surface area contributed by atoms with Gasteiger partial charge in [-0.3, -0.25) is 4.79 Å². The van der Waals surface area contributed by atoms with Crippen molar-refractivity contribution in [2.24, 2.45) is 0 Å². The van der Waals surface area contributed by atoms with Crippen LogP contribution in [0.25, 0.3) is 11.0 Å². The molecule has 0 spiro atoms. The third-order valence-electron chi connectivity index (χ3n) is 4.68. The molecule has 1 aliphatic heterocycles. The van der Waals surface area contributed by atoms with Crippen molar-refractivity contribution in [2.75, 3.05) is 23.3 Å². The maximum atomic E-state index is 12.7. The lowest BCUT2D eigenvalue weighted by Gasteiger charge is -2.21. The van der Waals surface area contributed by atoms with Gasteiger partial charge in [0.1, 0.15) is 0 Å². The van der Waals surface area contributed by atoms with E-state index in [0.717, 1.165) is 37.1 Å². The van der Waals surface area contributed by atoms with Crippen LogP contribution in [0.3, 0.4) is 0 Å². The van der Waals surface area contributed by atoms with Crippen LogP contribution in [0.2, 0.25) is 0 Å². The molecule has 3 aromatic rings. The van der Waals surface area contributed by atoms with Crippen LogP contribution in [0.15, 0.2) is 21.3 Å². The van der Waals surface area contributed by atoms with E-state index in [4.69, 9.17) is 4.42 Å². The first-order valence-corrected chi connectivity index (χ1v) is 8.84. The van der Waals surface area contributed by atoms with Crippen LogP contribution in [0.5, 0.6) is 0 Å². The number of rotatable bonds is 4. The van der Waals surface area contributed by atoms with Gasteiger partial charge in [0, 0.05) is 19.5 Å². The fraction of sp³-hybridized carbons (Fsp3) is 0.389. The average Bonchev–Trinajstić information content (AvgIpc) is 3.32. The lowest BCUT2D eigenvalue weighted by Crippen LogP contribution is -2.21. The molecule has 2 aromatic heterocycles. The summed E-state index contributed by atoms with van der Waals surface area (Å²) in [5.41, 5.74) is 3.21. The smallest absolute Gasteiger partial charge is 0.323 e. The molecule has 0 unspecified atom stereocenters. The first kappa shape index (κ1) is 16.4. The van der Waals surface area contributed by atoms with Gasteiger partial charge in [-0.05, 0) is 31.9 Å². The third-order valence-corrected chi connectivity index (χ3v) is 4.68. The molecule has 8 heteroatoms. The summed E-state index contributed by atoms with van der Waals surface area (Å²) < 4.78 is 5.55. The molecule has 0 radical (unpaired) electrons. The lowest BCUT2D eigenvalue weighted by atomic mass is 10.2. The Morgan fingerprint density at radius 2 is 1.96 bits per heavy atom. The van der Waals surface area contributed by atoms with Gasteiger partial charge in [0.25, 0.3) is 5.91 Å². The number of oxazole rings is 1. The SMILES string of the molecule is CCc1nc(C)c(C(=O)Nc2cc3[nH]c(=O)[nH]c3cc2N2CCCC2)o1. The molecule has 0 atom stereocenters. The molecular weight excluding hydrogens is 334 g/mol. The van der Waals surface area contributed by atoms with Crippen LogP contribution < -0.4 is 15.9 Å². The lowest BCUT2D eigenvalue weighted by molar-refractivity contribution is 0.0994. The minimum Gasteiger partial charge on any atom is -0.435 e. The molecule has 3 N–H and O–H groups in total. The third kappa shape index (κ3) is 2.87. The number of carbonyl (C=O) groups is 1. The molecule has 8 nitrogen and oxygen atoms in total. The van der Waals surface area contributed by atoms with E-state index in [9.17, 15) is 9.59 Å². The topological polar surface area (TPSA) is 107 Å². The molecule has 0 bridgehead atoms. The van der Waals surface area contributed by atoms with Crippen molar-refractivity contribution in [1.82, 2.24) is 15.0 Å². The quantitative estimate of drug-likeness (QED) is 0.667. The Morgan fingerprint density at radius 1 is 1.27 bits per heavy atom. The Bertz CT molecular complexity index is 1020. The number of imidazole rings is 1. The summed E-state index contributed by atoms with van der Waals surface area (Å²) in [7, 11) is 0. The number of amides is 1. The van der Waals surface area contributed by atoms with Crippen molar-refractivity contribution in [2.45, 2.75) is 33.1 Å². The summed E-state index contributed by atoms with van der Waals surface area (Å²) in [4.78, 5) is 36.3. The molecule has 0 saturated carbocycles. The van der Waals surface area contributed by atoms with Crippen molar-refractivity contribution in [3.8, 4) is 0 Å². The predicted octanol–water partition coefficient (Wildman–Crippen LogP) is 2.57. The Kier molecular flexibility index (Phi) is 4.02. The van der Waals surface area contributed by atoms with E-state index < -0.39 is 0 Å². The van der Waals surface area contributed by atoms with Crippen molar-refractivity contribution in [3.05, 3.63) is 40.0 Å². The second-order valence-corrected chi connectivity index (χ2v) is 6.52. The molecule has 1 aliphatic rings. The number of aromatic amines is 2. The van der Waals surface area contributed by atoms with E-state index in [-0.39, 0.29) is 17.4 Å². The summed E-state index contributed by atoms with van der Waals surface area (Å²) in [6.07, 6.45) is 2.84. The number of fused-ring (bicyclic) bond motifs is 1. The summed E-state index contributed by atoms with van der Waals surface area (Å²) in [6.45, 7) is 5.52. The number of hydrogen-bond acceptors (Lipinski definition) is 5. The van der Waals surface area contributed by atoms with Gasteiger partial charge in [-0.15, -0.1) is 0 Å². The van der Waals surface area contributed by atoms with E-state index in [2.05, 4.69) is 25.2 Å². The second-order valence-electron chi connectivity index (χ2n) is 6.52. The number of aryl methyl sites for hydroxylation is 2. The number of nitrogens with zero attached hydrogens (tertiary/aromatic N) is 2. The molecule has 1 aromatic carbocycles. The van der Waals surface area contributed by atoms with Gasteiger partial charge in [0.05, 0.1) is 28.1 Å². The second kappa shape index (κ2) is 6.36. The highest BCUT2D eigenvalue weighted by atomic mass is 16.4. The van der Waals surface area contributed by atoms with Crippen LogP contribution in [0.1, 0.15) is 41.9 Å². The first-order chi connectivity index (χ1) is 12.5. The fourth-order valence-electron chi connectivity index (χ4n) is 3.38. The van der Waals surface area contributed by atoms with Crippen molar-refractivity contribution in [3.63, 3.8) is 0 Å². The Hall–Kier alpha value is -3.03. The summed E-state index contributed by atoms with van der Waals surface area (Å²) in [5.74, 6) is 0.419. The number of carbonyl (C=O) groups excluding carboxylic acids is 1. The monoisotopic (exact) mass is 355 g/mol. The highest BCUT2D eigenvalue weighted by Gasteiger charge is 2.22. The minimum absolute atomic E-state index is 0.219. The summed E-state index contributed by atoms with van der Waals surface area (Å²) >= 11 is 0. The highest BCUT2D eigenvalue weighted by molar-refractivity contribution is 6.06. The Balaban J connectivity index is 1.73. The van der Waals surface area contributed by atoms with Crippen LogP contribution in [-0.2, 0) is 6.42 Å². The van der Waals surface area contributed by atoms with Gasteiger partial charge in [0.15, 0.2) is 5.89 Å². The predicted molar refractivity (Wildman–Crippen MR) is 98.9 cm³/mol. The van der Waals surface area contributed by atoms with E-state index in [0.29, 0.717) is 29.2 Å². The molecule has 3 heterocycles. The summed E-state index contributed by atoms with van der Waals surface area (Å²) in [5, 5.41) is 2.93. The molecule has 1 saturated heterocycles. The van der Waals surface area contributed by atoms with Crippen LogP contribution >= 0.6 is 0 Å². The molecule has 26 heavy (non-hydrogen) atoms. The molecule has 136 valence electrons. The normalized spacial score (nSPS) is 14.3. The number of hydrogen-bond donors (Lipinski definition) is 3. The zero-order valence-electron chi connectivity index (χ0n) is 14.8. The van der Waals surface area contributed by atoms with Gasteiger partial charge >= 0.3 is 5.69 Å². The number of aromatic nitrogens is 3. The Morgan fingerprint density at radius 3 is 2.62 bits per heavy atom. The molecule has 1 amide bonds. The molecule has 4 rings (SSSR count). The largest absolute Gasteiger partial charge is 0.435 e. The van der Waals surface area contributed by atoms with E-state index in [1.165, 1.54) is 0 Å². The standard InChI is InChI=1S/C18H21N5O3/c1-3-15-19-10(2)16(26-15)17(24)20-13-8-11-12(22-18(25)21-11)9-14(13)23-6-4-5-7-23/h8-9H,3-7H2,1-2H3,(H,20,24)(H2,21,22,25). The van der Waals surface area contributed by atoms with Crippen LogP contribution in [0.4, 0.5) is 11.4 Å². The highest BCUT2D eigenvalue weighted by Crippen LogP contribution is 2.32. The number of H-pyrrole nitrogens is 2. The van der Waals surface area contributed by atoms with E-state index in [1.54, 1.807) is 13.0 Å². The van der Waals surface area contributed by atoms with Gasteiger partial charge in [-0.2, -0.15) is 0 Å². The Labute approximate surface area is 149 Å². The number of benzene rings is 1. The maximum Gasteiger partial charge on any atom is 0.323 e. The van der Waals surface area contributed by atoms with E-state index in [1.807, 2.05) is 13.0 Å². The van der Waals surface area contributed by atoms with Gasteiger partial charge in [-0.1, -0.05) is 6.92 Å². The first-order valence-electron chi connectivity index (χ1n) is 8.84. The number of anilines is 2. The fourth-order valence-corrected chi connectivity index (χ4v) is 3.38. The molecular formula is C18H21N5O3. The van der Waals surface area contributed by atoms with Gasteiger partial charge in [-0.25, -0.2) is 9.78 Å². The van der Waals surface area contributed by atoms with E-state index >= 15 is 0 Å². The van der Waals surface area contributed by atoms with Crippen LogP contribution in [0, 0.1) is 6.92 Å². The van der Waals surface area contributed by atoms with Crippen molar-refractivity contribution in [1.29, 1.82) is 0 Å². The van der Waals surface area contributed by atoms with Gasteiger partial charge < -0.3 is 24.6 Å². The maximum absolute atomic E-state index is 12.7.